The van der Waals surface area contributed by atoms with Gasteiger partial charge in [-0.15, -0.1) is 0 Å². The summed E-state index contributed by atoms with van der Waals surface area (Å²) in [4.78, 5) is 11.9. The zero-order chi connectivity index (χ0) is 10.0. The van der Waals surface area contributed by atoms with Crippen LogP contribution in [0.2, 0.25) is 0 Å². The lowest BCUT2D eigenvalue weighted by Gasteiger charge is -2.27. The van der Waals surface area contributed by atoms with Crippen LogP contribution in [0.1, 0.15) is 5.69 Å². The third kappa shape index (κ3) is 1.42. The Hall–Kier alpha value is -1.95. The first-order chi connectivity index (χ1) is 6.71. The normalized spacial score (nSPS) is 25.4. The monoisotopic (exact) mass is 190 g/mol. The molecule has 0 aliphatic carbocycles. The fourth-order valence-corrected chi connectivity index (χ4v) is 1.17. The largest absolute Gasteiger partial charge is 0.384 e. The van der Waals surface area contributed by atoms with Gasteiger partial charge in [0, 0.05) is 12.4 Å². The number of rotatable bonds is 1. The van der Waals surface area contributed by atoms with E-state index >= 15 is 0 Å². The SMILES string of the molecule is NC1=NC(N)(c2ccncn2)NC=C1. The first kappa shape index (κ1) is 8.64. The lowest BCUT2D eigenvalue weighted by molar-refractivity contribution is 0.396. The van der Waals surface area contributed by atoms with Crippen LogP contribution < -0.4 is 16.8 Å². The molecule has 1 atom stereocenters. The van der Waals surface area contributed by atoms with Gasteiger partial charge in [0.25, 0.3) is 0 Å². The van der Waals surface area contributed by atoms with Crippen LogP contribution >= 0.6 is 0 Å². The summed E-state index contributed by atoms with van der Waals surface area (Å²) in [5, 5.41) is 2.88. The third-order valence-electron chi connectivity index (χ3n) is 1.84. The number of hydrogen-bond donors (Lipinski definition) is 3. The van der Waals surface area contributed by atoms with Crippen LogP contribution in [0.25, 0.3) is 0 Å². The Labute approximate surface area is 80.8 Å². The molecule has 0 radical (unpaired) electrons. The van der Waals surface area contributed by atoms with E-state index in [0.29, 0.717) is 11.5 Å². The molecule has 0 spiro atoms. The molecule has 1 aromatic heterocycles. The quantitative estimate of drug-likeness (QED) is 0.528. The van der Waals surface area contributed by atoms with Crippen LogP contribution in [0.5, 0.6) is 0 Å². The number of hydrogen-bond acceptors (Lipinski definition) is 6. The van der Waals surface area contributed by atoms with E-state index < -0.39 is 5.79 Å². The van der Waals surface area contributed by atoms with E-state index in [2.05, 4.69) is 20.3 Å². The molecule has 5 N–H and O–H groups in total. The molecule has 1 unspecified atom stereocenters. The van der Waals surface area contributed by atoms with Crippen LogP contribution in [0, 0.1) is 0 Å². The molecule has 0 saturated carbocycles. The van der Waals surface area contributed by atoms with Crippen LogP contribution in [0.4, 0.5) is 0 Å². The van der Waals surface area contributed by atoms with E-state index in [4.69, 9.17) is 11.5 Å². The minimum Gasteiger partial charge on any atom is -0.384 e. The fraction of sp³-hybridized carbons (Fsp3) is 0.125. The molecule has 1 aliphatic rings. The van der Waals surface area contributed by atoms with Gasteiger partial charge in [0.1, 0.15) is 17.9 Å². The van der Waals surface area contributed by atoms with E-state index in [0.717, 1.165) is 0 Å². The van der Waals surface area contributed by atoms with E-state index in [9.17, 15) is 0 Å². The van der Waals surface area contributed by atoms with Gasteiger partial charge < -0.3 is 11.1 Å². The van der Waals surface area contributed by atoms with Crippen molar-refractivity contribution in [3.63, 3.8) is 0 Å². The van der Waals surface area contributed by atoms with E-state index in [1.54, 1.807) is 24.5 Å². The molecule has 6 nitrogen and oxygen atoms in total. The average molecular weight is 190 g/mol. The Kier molecular flexibility index (Phi) is 1.90. The number of nitrogens with two attached hydrogens (primary N) is 2. The van der Waals surface area contributed by atoms with Crippen LogP contribution in [-0.4, -0.2) is 15.8 Å². The molecular weight excluding hydrogens is 180 g/mol. The summed E-state index contributed by atoms with van der Waals surface area (Å²) in [6.45, 7) is 0. The van der Waals surface area contributed by atoms with Crippen molar-refractivity contribution < 1.29 is 0 Å². The molecular formula is C8H10N6. The number of nitrogens with zero attached hydrogens (tertiary/aromatic N) is 3. The van der Waals surface area contributed by atoms with Gasteiger partial charge in [-0.05, 0) is 12.1 Å². The standard InChI is InChI=1S/C8H10N6/c9-7-2-4-13-8(10,14-7)6-1-3-11-5-12-6/h1-5,13H,10H2,(H2,9,14). The first-order valence-electron chi connectivity index (χ1n) is 4.06. The van der Waals surface area contributed by atoms with Crippen LogP contribution in [0.3, 0.4) is 0 Å². The van der Waals surface area contributed by atoms with E-state index in [1.165, 1.54) is 6.33 Å². The van der Waals surface area contributed by atoms with Gasteiger partial charge in [-0.25, -0.2) is 15.0 Å². The number of aliphatic imine (C=N–C) groups is 1. The highest BCUT2D eigenvalue weighted by Gasteiger charge is 2.28. The number of aromatic nitrogens is 2. The van der Waals surface area contributed by atoms with Gasteiger partial charge in [-0.1, -0.05) is 0 Å². The second-order valence-electron chi connectivity index (χ2n) is 2.88. The summed E-state index contributed by atoms with van der Waals surface area (Å²) in [7, 11) is 0. The maximum atomic E-state index is 5.95. The third-order valence-corrected chi connectivity index (χ3v) is 1.84. The highest BCUT2D eigenvalue weighted by atomic mass is 15.3. The summed E-state index contributed by atoms with van der Waals surface area (Å²) < 4.78 is 0. The Morgan fingerprint density at radius 3 is 2.93 bits per heavy atom. The van der Waals surface area contributed by atoms with Crippen molar-refractivity contribution >= 4 is 5.84 Å². The minimum atomic E-state index is -1.08. The number of nitrogens with one attached hydrogen (secondary N) is 1. The second-order valence-corrected chi connectivity index (χ2v) is 2.88. The highest BCUT2D eigenvalue weighted by molar-refractivity contribution is 5.92. The first-order valence-corrected chi connectivity index (χ1v) is 4.06. The maximum absolute atomic E-state index is 5.95. The molecule has 14 heavy (non-hydrogen) atoms. The van der Waals surface area contributed by atoms with Crippen molar-refractivity contribution in [1.29, 1.82) is 0 Å². The summed E-state index contributed by atoms with van der Waals surface area (Å²) in [5.74, 6) is -0.716. The number of amidine groups is 1. The fourth-order valence-electron chi connectivity index (χ4n) is 1.17. The molecule has 0 fully saturated rings. The Morgan fingerprint density at radius 1 is 1.43 bits per heavy atom. The molecule has 0 amide bonds. The molecule has 72 valence electrons. The lowest BCUT2D eigenvalue weighted by atomic mass is 10.2. The molecule has 1 aromatic rings. The van der Waals surface area contributed by atoms with Crippen molar-refractivity contribution in [2.45, 2.75) is 5.79 Å². The van der Waals surface area contributed by atoms with Crippen molar-refractivity contribution in [3.8, 4) is 0 Å². The van der Waals surface area contributed by atoms with Gasteiger partial charge in [0.05, 0.1) is 0 Å². The Bertz CT molecular complexity index is 384. The summed E-state index contributed by atoms with van der Waals surface area (Å²) in [6.07, 6.45) is 6.29. The zero-order valence-electron chi connectivity index (χ0n) is 7.38. The topological polar surface area (TPSA) is 102 Å². The Balaban J connectivity index is 2.39. The lowest BCUT2D eigenvalue weighted by Crippen LogP contribution is -2.50. The molecule has 6 heteroatoms. The highest BCUT2D eigenvalue weighted by Crippen LogP contribution is 2.15. The van der Waals surface area contributed by atoms with Gasteiger partial charge >= 0.3 is 0 Å². The van der Waals surface area contributed by atoms with Gasteiger partial charge in [-0.2, -0.15) is 0 Å². The molecule has 0 bridgehead atoms. The molecule has 0 saturated heterocycles. The summed E-state index contributed by atoms with van der Waals surface area (Å²) in [5.41, 5.74) is 12.1. The van der Waals surface area contributed by atoms with Crippen LogP contribution in [0.15, 0.2) is 35.9 Å². The van der Waals surface area contributed by atoms with Crippen LogP contribution in [-0.2, 0) is 5.79 Å². The maximum Gasteiger partial charge on any atom is 0.228 e. The van der Waals surface area contributed by atoms with Crippen molar-refractivity contribution in [1.82, 2.24) is 15.3 Å². The average Bonchev–Trinajstić information content (AvgIpc) is 2.19. The van der Waals surface area contributed by atoms with E-state index in [1.807, 2.05) is 0 Å². The van der Waals surface area contributed by atoms with Gasteiger partial charge in [0.15, 0.2) is 0 Å². The molecule has 2 rings (SSSR count). The van der Waals surface area contributed by atoms with Crippen molar-refractivity contribution in [3.05, 3.63) is 36.6 Å². The van der Waals surface area contributed by atoms with Gasteiger partial charge in [0.2, 0.25) is 5.79 Å². The minimum absolute atomic E-state index is 0.366. The molecule has 0 aromatic carbocycles. The van der Waals surface area contributed by atoms with Crippen molar-refractivity contribution in [2.24, 2.45) is 16.5 Å². The summed E-state index contributed by atoms with van der Waals surface area (Å²) in [6, 6.07) is 1.68. The summed E-state index contributed by atoms with van der Waals surface area (Å²) >= 11 is 0. The van der Waals surface area contributed by atoms with Gasteiger partial charge in [-0.3, -0.25) is 5.73 Å². The predicted molar refractivity (Wildman–Crippen MR) is 51.8 cm³/mol. The van der Waals surface area contributed by atoms with Crippen molar-refractivity contribution in [2.75, 3.05) is 0 Å². The Morgan fingerprint density at radius 2 is 2.29 bits per heavy atom. The molecule has 2 heterocycles. The van der Waals surface area contributed by atoms with E-state index in [-0.39, 0.29) is 0 Å². The molecule has 1 aliphatic heterocycles. The second kappa shape index (κ2) is 3.08. The predicted octanol–water partition coefficient (Wildman–Crippen LogP) is -0.980. The zero-order valence-corrected chi connectivity index (χ0v) is 7.38. The smallest absolute Gasteiger partial charge is 0.228 e.